The summed E-state index contributed by atoms with van der Waals surface area (Å²) in [6.07, 6.45) is 5.51. The summed E-state index contributed by atoms with van der Waals surface area (Å²) in [4.78, 5) is 18.5. The van der Waals surface area contributed by atoms with Crippen molar-refractivity contribution in [2.75, 3.05) is 43.4 Å². The van der Waals surface area contributed by atoms with E-state index in [9.17, 15) is 0 Å². The van der Waals surface area contributed by atoms with E-state index in [0.29, 0.717) is 11.4 Å². The molecule has 0 aromatic carbocycles. The number of rotatable bonds is 5. The number of H-pyrrole nitrogens is 1. The maximum atomic E-state index is 4.87. The van der Waals surface area contributed by atoms with Gasteiger partial charge in [-0.1, -0.05) is 6.58 Å². The molecular weight excluding hydrogens is 412 g/mol. The van der Waals surface area contributed by atoms with Gasteiger partial charge in [-0.2, -0.15) is 5.10 Å². The largest absolute Gasteiger partial charge is 0.354 e. The number of anilines is 2. The minimum Gasteiger partial charge on any atom is -0.354 e. The Bertz CT molecular complexity index is 1320. The highest BCUT2D eigenvalue weighted by atomic mass is 15.3. The zero-order valence-corrected chi connectivity index (χ0v) is 19.3. The van der Waals surface area contributed by atoms with Crippen molar-refractivity contribution < 1.29 is 0 Å². The second-order valence-electron chi connectivity index (χ2n) is 8.62. The molecule has 1 aliphatic heterocycles. The predicted octanol–water partition coefficient (Wildman–Crippen LogP) is 3.87. The van der Waals surface area contributed by atoms with Gasteiger partial charge in [0, 0.05) is 61.6 Å². The molecule has 0 spiro atoms. The van der Waals surface area contributed by atoms with E-state index >= 15 is 0 Å². The molecule has 168 valence electrons. The number of nitrogens with one attached hydrogen (secondary N) is 2. The first-order valence-corrected chi connectivity index (χ1v) is 11.1. The Balaban J connectivity index is 1.43. The van der Waals surface area contributed by atoms with Crippen LogP contribution in [-0.4, -0.2) is 63.3 Å². The third kappa shape index (κ3) is 4.17. The molecule has 0 atom stereocenters. The van der Waals surface area contributed by atoms with Gasteiger partial charge in [0.25, 0.3) is 0 Å². The van der Waals surface area contributed by atoms with Crippen LogP contribution in [0.1, 0.15) is 16.8 Å². The molecule has 8 heteroatoms. The highest BCUT2D eigenvalue weighted by Crippen LogP contribution is 2.29. The zero-order valence-electron chi connectivity index (χ0n) is 19.3. The first-order valence-electron chi connectivity index (χ1n) is 11.1. The lowest BCUT2D eigenvalue weighted by atomic mass is 10.1. The van der Waals surface area contributed by atoms with E-state index in [4.69, 9.17) is 4.98 Å². The van der Waals surface area contributed by atoms with Gasteiger partial charge in [0.1, 0.15) is 17.0 Å². The molecule has 33 heavy (non-hydrogen) atoms. The van der Waals surface area contributed by atoms with Gasteiger partial charge in [-0.25, -0.2) is 9.97 Å². The molecule has 0 aliphatic carbocycles. The summed E-state index contributed by atoms with van der Waals surface area (Å²) in [6.45, 7) is 12.4. The van der Waals surface area contributed by atoms with Crippen LogP contribution in [0.15, 0.2) is 49.4 Å². The van der Waals surface area contributed by atoms with Crippen molar-refractivity contribution in [1.29, 1.82) is 0 Å². The lowest BCUT2D eigenvalue weighted by Gasteiger charge is -2.34. The molecule has 8 nitrogen and oxygen atoms in total. The summed E-state index contributed by atoms with van der Waals surface area (Å²) in [6, 6.07) is 8.03. The highest BCUT2D eigenvalue weighted by molar-refractivity contribution is 5.91. The van der Waals surface area contributed by atoms with Gasteiger partial charge in [0.2, 0.25) is 0 Å². The van der Waals surface area contributed by atoms with Crippen LogP contribution in [0.3, 0.4) is 0 Å². The molecule has 1 aliphatic rings. The van der Waals surface area contributed by atoms with Crippen LogP contribution in [0.5, 0.6) is 0 Å². The number of likely N-dealkylation sites (N-methyl/N-ethyl adjacent to an activating group) is 1. The minimum absolute atomic E-state index is 0.687. The maximum absolute atomic E-state index is 4.87. The van der Waals surface area contributed by atoms with E-state index < -0.39 is 0 Å². The number of aromatic nitrogens is 5. The summed E-state index contributed by atoms with van der Waals surface area (Å²) < 4.78 is 0. The van der Waals surface area contributed by atoms with Gasteiger partial charge in [-0.05, 0) is 50.7 Å². The quantitative estimate of drug-likeness (QED) is 0.487. The van der Waals surface area contributed by atoms with Crippen molar-refractivity contribution in [3.05, 3.63) is 66.3 Å². The normalized spacial score (nSPS) is 14.6. The monoisotopic (exact) mass is 440 g/mol. The molecule has 5 rings (SSSR count). The average molecular weight is 441 g/mol. The number of piperazine rings is 1. The summed E-state index contributed by atoms with van der Waals surface area (Å²) >= 11 is 0. The fourth-order valence-electron chi connectivity index (χ4n) is 4.18. The van der Waals surface area contributed by atoms with Gasteiger partial charge in [-0.15, -0.1) is 0 Å². The predicted molar refractivity (Wildman–Crippen MR) is 133 cm³/mol. The average Bonchev–Trinajstić information content (AvgIpc) is 3.24. The molecule has 1 saturated heterocycles. The van der Waals surface area contributed by atoms with Crippen molar-refractivity contribution in [3.8, 4) is 11.3 Å². The Kier molecular flexibility index (Phi) is 5.51. The summed E-state index contributed by atoms with van der Waals surface area (Å²) in [7, 11) is 2.16. The van der Waals surface area contributed by atoms with Crippen LogP contribution in [0, 0.1) is 13.8 Å². The SMILES string of the molecule is C=C(Nc1ccnc(N2CCN(C)CC2)c1C)c1n[nH]c2ccc(-c3cncc(C)c3)nc12. The number of nitrogens with zero attached hydrogens (tertiary/aromatic N) is 6. The first-order chi connectivity index (χ1) is 16.0. The molecule has 0 bridgehead atoms. The van der Waals surface area contributed by atoms with Crippen molar-refractivity contribution in [2.45, 2.75) is 13.8 Å². The first kappa shape index (κ1) is 21.1. The number of aryl methyl sites for hydroxylation is 1. The molecule has 0 saturated carbocycles. The molecule has 0 unspecified atom stereocenters. The Hall–Kier alpha value is -3.78. The number of pyridine rings is 3. The Labute approximate surface area is 193 Å². The third-order valence-corrected chi connectivity index (χ3v) is 6.13. The number of fused-ring (bicyclic) bond motifs is 1. The van der Waals surface area contributed by atoms with Crippen molar-refractivity contribution >= 4 is 28.2 Å². The number of hydrogen-bond acceptors (Lipinski definition) is 7. The fourth-order valence-corrected chi connectivity index (χ4v) is 4.18. The van der Waals surface area contributed by atoms with E-state index in [0.717, 1.165) is 71.1 Å². The van der Waals surface area contributed by atoms with E-state index in [1.54, 1.807) is 0 Å². The van der Waals surface area contributed by atoms with E-state index in [-0.39, 0.29) is 0 Å². The van der Waals surface area contributed by atoms with Gasteiger partial charge < -0.3 is 15.1 Å². The highest BCUT2D eigenvalue weighted by Gasteiger charge is 2.19. The van der Waals surface area contributed by atoms with Gasteiger partial charge in [0.05, 0.1) is 16.9 Å². The van der Waals surface area contributed by atoms with Gasteiger partial charge in [-0.3, -0.25) is 10.1 Å². The lowest BCUT2D eigenvalue weighted by molar-refractivity contribution is 0.312. The Morgan fingerprint density at radius 1 is 1.09 bits per heavy atom. The number of hydrogen-bond donors (Lipinski definition) is 2. The van der Waals surface area contributed by atoms with Gasteiger partial charge in [0.15, 0.2) is 0 Å². The molecule has 0 radical (unpaired) electrons. The molecule has 0 amide bonds. The summed E-state index contributed by atoms with van der Waals surface area (Å²) in [5.41, 5.74) is 8.02. The van der Waals surface area contributed by atoms with Crippen LogP contribution in [0.25, 0.3) is 28.0 Å². The third-order valence-electron chi connectivity index (χ3n) is 6.13. The summed E-state index contributed by atoms with van der Waals surface area (Å²) in [5, 5.41) is 11.0. The second-order valence-corrected chi connectivity index (χ2v) is 8.62. The van der Waals surface area contributed by atoms with Crippen LogP contribution in [0.2, 0.25) is 0 Å². The maximum Gasteiger partial charge on any atom is 0.134 e. The number of aromatic amines is 1. The fraction of sp³-hybridized carbons (Fsp3) is 0.280. The van der Waals surface area contributed by atoms with Crippen LogP contribution in [0.4, 0.5) is 11.5 Å². The molecule has 4 aromatic heterocycles. The van der Waals surface area contributed by atoms with E-state index in [1.165, 1.54) is 0 Å². The second kappa shape index (κ2) is 8.63. The zero-order chi connectivity index (χ0) is 22.9. The molecule has 1 fully saturated rings. The lowest BCUT2D eigenvalue weighted by Crippen LogP contribution is -2.45. The van der Waals surface area contributed by atoms with E-state index in [2.05, 4.69) is 61.9 Å². The minimum atomic E-state index is 0.687. The molecular formula is C25H28N8. The van der Waals surface area contributed by atoms with Crippen LogP contribution >= 0.6 is 0 Å². The Morgan fingerprint density at radius 2 is 1.91 bits per heavy atom. The van der Waals surface area contributed by atoms with Crippen molar-refractivity contribution in [1.82, 2.24) is 30.0 Å². The van der Waals surface area contributed by atoms with Crippen molar-refractivity contribution in [3.63, 3.8) is 0 Å². The van der Waals surface area contributed by atoms with Gasteiger partial charge >= 0.3 is 0 Å². The van der Waals surface area contributed by atoms with Crippen LogP contribution < -0.4 is 10.2 Å². The molecule has 4 aromatic rings. The van der Waals surface area contributed by atoms with E-state index in [1.807, 2.05) is 43.7 Å². The topological polar surface area (TPSA) is 85.9 Å². The van der Waals surface area contributed by atoms with Crippen molar-refractivity contribution in [2.24, 2.45) is 0 Å². The Morgan fingerprint density at radius 3 is 2.70 bits per heavy atom. The standard InChI is InChI=1S/C25H28N8/c1-16-13-19(15-26-14-16)21-5-6-22-24(29-21)23(31-30-22)18(3)28-20-7-8-27-25(17(20)2)33-11-9-32(4)10-12-33/h5-8,13-15H,3,9-12H2,1-2,4H3,(H,27,28)(H,30,31). The smallest absolute Gasteiger partial charge is 0.134 e. The molecule has 5 heterocycles. The molecule has 2 N–H and O–H groups in total. The summed E-state index contributed by atoms with van der Waals surface area (Å²) in [5.74, 6) is 1.01. The van der Waals surface area contributed by atoms with Crippen LogP contribution in [-0.2, 0) is 0 Å².